The smallest absolute Gasteiger partial charge is 0.264 e. The molecule has 0 bridgehead atoms. The minimum absolute atomic E-state index is 0.0158. The van der Waals surface area contributed by atoms with Crippen LogP contribution in [0.15, 0.2) is 77.7 Å². The maximum atomic E-state index is 13.7. The normalized spacial score (nSPS) is 11.1. The van der Waals surface area contributed by atoms with Gasteiger partial charge in [0.2, 0.25) is 5.91 Å². The monoisotopic (exact) mass is 462 g/mol. The van der Waals surface area contributed by atoms with Crippen molar-refractivity contribution in [3.05, 3.63) is 83.6 Å². The van der Waals surface area contributed by atoms with Crippen LogP contribution in [0.1, 0.15) is 6.92 Å². The van der Waals surface area contributed by atoms with Gasteiger partial charge in [-0.25, -0.2) is 12.8 Å². The van der Waals surface area contributed by atoms with Crippen molar-refractivity contribution < 1.29 is 22.3 Å². The van der Waals surface area contributed by atoms with Crippen LogP contribution in [0.25, 0.3) is 0 Å². The summed E-state index contributed by atoms with van der Waals surface area (Å²) in [5.41, 5.74) is 0.465. The highest BCUT2D eigenvalue weighted by molar-refractivity contribution is 7.92. The van der Waals surface area contributed by atoms with Gasteiger partial charge in [0.25, 0.3) is 10.0 Å². The van der Waals surface area contributed by atoms with Gasteiger partial charge in [-0.3, -0.25) is 9.10 Å². The van der Waals surface area contributed by atoms with Gasteiger partial charge >= 0.3 is 0 Å². The van der Waals surface area contributed by atoms with E-state index in [1.165, 1.54) is 24.3 Å². The first-order valence-electron chi connectivity index (χ1n) is 9.37. The molecule has 31 heavy (non-hydrogen) atoms. The largest absolute Gasteiger partial charge is 0.492 e. The molecule has 0 saturated carbocycles. The van der Waals surface area contributed by atoms with Crippen LogP contribution in [0.5, 0.6) is 5.75 Å². The average Bonchev–Trinajstić information content (AvgIpc) is 2.76. The zero-order valence-electron chi connectivity index (χ0n) is 16.6. The molecule has 0 aliphatic rings. The van der Waals surface area contributed by atoms with E-state index in [0.717, 1.165) is 10.4 Å². The fourth-order valence-corrected chi connectivity index (χ4v) is 4.46. The molecule has 1 N–H and O–H groups in total. The van der Waals surface area contributed by atoms with Gasteiger partial charge in [-0.1, -0.05) is 41.9 Å². The van der Waals surface area contributed by atoms with Gasteiger partial charge in [0.1, 0.15) is 18.1 Å². The molecule has 0 fully saturated rings. The Kier molecular flexibility index (Phi) is 7.14. The molecule has 6 nitrogen and oxygen atoms in total. The molecule has 0 aromatic heterocycles. The number of hydrogen-bond acceptors (Lipinski definition) is 4. The number of anilines is 2. The van der Waals surface area contributed by atoms with E-state index >= 15 is 0 Å². The summed E-state index contributed by atoms with van der Waals surface area (Å²) < 4.78 is 46.6. The number of nitrogens with one attached hydrogen (secondary N) is 1. The molecule has 3 aromatic carbocycles. The standard InChI is InChI=1S/C22H20ClFN2O4S/c1-2-30-21-11-7-6-10-20(21)25-22(27)15-26(16-12-13-19(24)18(23)14-16)31(28,29)17-8-4-3-5-9-17/h3-14H,2,15H2,1H3,(H,25,27). The van der Waals surface area contributed by atoms with E-state index in [1.807, 2.05) is 6.92 Å². The van der Waals surface area contributed by atoms with Gasteiger partial charge in [-0.2, -0.15) is 0 Å². The van der Waals surface area contributed by atoms with Crippen LogP contribution in [-0.4, -0.2) is 27.5 Å². The summed E-state index contributed by atoms with van der Waals surface area (Å²) in [6.45, 7) is 1.65. The van der Waals surface area contributed by atoms with Gasteiger partial charge in [-0.05, 0) is 49.4 Å². The number of rotatable bonds is 8. The highest BCUT2D eigenvalue weighted by Crippen LogP contribution is 2.28. The third-order valence-corrected chi connectivity index (χ3v) is 6.35. The number of nitrogens with zero attached hydrogens (tertiary/aromatic N) is 1. The molecular formula is C22H20ClFN2O4S. The molecule has 162 valence electrons. The van der Waals surface area contributed by atoms with Gasteiger partial charge in [0.15, 0.2) is 0 Å². The molecule has 9 heteroatoms. The van der Waals surface area contributed by atoms with E-state index in [2.05, 4.69) is 5.32 Å². The Labute approximate surface area is 185 Å². The molecule has 0 spiro atoms. The minimum atomic E-state index is -4.13. The number of amides is 1. The van der Waals surface area contributed by atoms with Crippen LogP contribution in [0, 0.1) is 5.82 Å². The minimum Gasteiger partial charge on any atom is -0.492 e. The molecule has 0 unspecified atom stereocenters. The van der Waals surface area contributed by atoms with E-state index in [9.17, 15) is 17.6 Å². The number of carbonyl (C=O) groups excluding carboxylic acids is 1. The Morgan fingerprint density at radius 1 is 1.06 bits per heavy atom. The van der Waals surface area contributed by atoms with Crippen LogP contribution >= 0.6 is 11.6 Å². The summed E-state index contributed by atoms with van der Waals surface area (Å²) >= 11 is 5.86. The lowest BCUT2D eigenvalue weighted by molar-refractivity contribution is -0.114. The summed E-state index contributed by atoms with van der Waals surface area (Å²) in [6.07, 6.45) is 0. The quantitative estimate of drug-likeness (QED) is 0.526. The van der Waals surface area contributed by atoms with Crippen molar-refractivity contribution in [3.63, 3.8) is 0 Å². The topological polar surface area (TPSA) is 75.7 Å². The van der Waals surface area contributed by atoms with Crippen LogP contribution in [-0.2, 0) is 14.8 Å². The summed E-state index contributed by atoms with van der Waals surface area (Å²) in [6, 6.07) is 17.9. The third kappa shape index (κ3) is 5.34. The zero-order chi connectivity index (χ0) is 22.4. The summed E-state index contributed by atoms with van der Waals surface area (Å²) in [5.74, 6) is -0.842. The average molecular weight is 463 g/mol. The predicted octanol–water partition coefficient (Wildman–Crippen LogP) is 4.71. The number of halogens is 2. The zero-order valence-corrected chi connectivity index (χ0v) is 18.2. The first-order valence-corrected chi connectivity index (χ1v) is 11.2. The first kappa shape index (κ1) is 22.6. The Hall–Kier alpha value is -3.10. The molecule has 0 atom stereocenters. The van der Waals surface area contributed by atoms with Gasteiger partial charge in [0.05, 0.1) is 27.9 Å². The van der Waals surface area contributed by atoms with Crippen molar-refractivity contribution in [1.29, 1.82) is 0 Å². The van der Waals surface area contributed by atoms with Crippen molar-refractivity contribution in [2.75, 3.05) is 22.8 Å². The lowest BCUT2D eigenvalue weighted by atomic mass is 10.3. The van der Waals surface area contributed by atoms with Crippen LogP contribution in [0.3, 0.4) is 0 Å². The fourth-order valence-electron chi connectivity index (χ4n) is 2.85. The molecule has 0 heterocycles. The van der Waals surface area contributed by atoms with Gasteiger partial charge in [-0.15, -0.1) is 0 Å². The maximum Gasteiger partial charge on any atom is 0.264 e. The van der Waals surface area contributed by atoms with E-state index in [4.69, 9.17) is 16.3 Å². The summed E-state index contributed by atoms with van der Waals surface area (Å²) in [5, 5.41) is 2.41. The molecule has 0 aliphatic heterocycles. The molecule has 1 amide bonds. The highest BCUT2D eigenvalue weighted by Gasteiger charge is 2.28. The third-order valence-electron chi connectivity index (χ3n) is 4.27. The second-order valence-electron chi connectivity index (χ2n) is 6.40. The number of para-hydroxylation sites is 2. The molecule has 0 radical (unpaired) electrons. The van der Waals surface area contributed by atoms with Crippen molar-refractivity contribution in [3.8, 4) is 5.75 Å². The molecule has 0 saturated heterocycles. The van der Waals surface area contributed by atoms with Crippen molar-refractivity contribution in [2.45, 2.75) is 11.8 Å². The molecule has 0 aliphatic carbocycles. The van der Waals surface area contributed by atoms with Gasteiger partial charge < -0.3 is 10.1 Å². The Morgan fingerprint density at radius 2 is 1.74 bits per heavy atom. The number of hydrogen-bond donors (Lipinski definition) is 1. The predicted molar refractivity (Wildman–Crippen MR) is 119 cm³/mol. The number of ether oxygens (including phenoxy) is 1. The lowest BCUT2D eigenvalue weighted by Gasteiger charge is -2.24. The number of carbonyl (C=O) groups is 1. The first-order chi connectivity index (χ1) is 14.8. The maximum absolute atomic E-state index is 13.7. The lowest BCUT2D eigenvalue weighted by Crippen LogP contribution is -2.38. The van der Waals surface area contributed by atoms with Crippen LogP contribution in [0.2, 0.25) is 5.02 Å². The Morgan fingerprint density at radius 3 is 2.42 bits per heavy atom. The second-order valence-corrected chi connectivity index (χ2v) is 8.67. The summed E-state index contributed by atoms with van der Waals surface area (Å²) in [4.78, 5) is 12.8. The second kappa shape index (κ2) is 9.80. The van der Waals surface area contributed by atoms with Crippen LogP contribution in [0.4, 0.5) is 15.8 Å². The van der Waals surface area contributed by atoms with E-state index in [1.54, 1.807) is 42.5 Å². The van der Waals surface area contributed by atoms with Crippen LogP contribution < -0.4 is 14.4 Å². The number of benzene rings is 3. The van der Waals surface area contributed by atoms with Gasteiger partial charge in [0, 0.05) is 0 Å². The SMILES string of the molecule is CCOc1ccccc1NC(=O)CN(c1ccc(F)c(Cl)c1)S(=O)(=O)c1ccccc1. The van der Waals surface area contributed by atoms with Crippen molar-refractivity contribution in [2.24, 2.45) is 0 Å². The Balaban J connectivity index is 1.95. The molecular weight excluding hydrogens is 443 g/mol. The number of sulfonamides is 1. The van der Waals surface area contributed by atoms with E-state index in [0.29, 0.717) is 18.0 Å². The molecule has 3 rings (SSSR count). The Bertz CT molecular complexity index is 1170. The molecule has 3 aromatic rings. The summed E-state index contributed by atoms with van der Waals surface area (Å²) in [7, 11) is -4.13. The van der Waals surface area contributed by atoms with E-state index in [-0.39, 0.29) is 15.6 Å². The fraction of sp³-hybridized carbons (Fsp3) is 0.136. The van der Waals surface area contributed by atoms with Crippen molar-refractivity contribution >= 4 is 38.9 Å². The van der Waals surface area contributed by atoms with E-state index < -0.39 is 28.3 Å². The highest BCUT2D eigenvalue weighted by atomic mass is 35.5. The van der Waals surface area contributed by atoms with Crippen molar-refractivity contribution in [1.82, 2.24) is 0 Å².